The Morgan fingerprint density at radius 3 is 1.67 bits per heavy atom. The molecular formula is C38H25Br. The zero-order chi connectivity index (χ0) is 26.2. The van der Waals surface area contributed by atoms with E-state index in [1.165, 1.54) is 66.1 Å². The SMILES string of the molecule is Brc1ccc(-c2ccccc2)c2cc(-c3cccc(-c4ccc5ccccc5c4)c3)cc(-c3ccccc3)c12. The zero-order valence-corrected chi connectivity index (χ0v) is 22.9. The lowest BCUT2D eigenvalue weighted by molar-refractivity contribution is 1.59. The summed E-state index contributed by atoms with van der Waals surface area (Å²) in [5, 5.41) is 4.99. The smallest absolute Gasteiger partial charge is 0.0260 e. The number of hydrogen-bond donors (Lipinski definition) is 0. The van der Waals surface area contributed by atoms with Crippen molar-refractivity contribution >= 4 is 37.5 Å². The lowest BCUT2D eigenvalue weighted by Gasteiger charge is -2.16. The van der Waals surface area contributed by atoms with Crippen molar-refractivity contribution in [3.05, 3.63) is 156 Å². The fourth-order valence-electron chi connectivity index (χ4n) is 5.57. The minimum absolute atomic E-state index is 1.10. The van der Waals surface area contributed by atoms with Gasteiger partial charge in [-0.2, -0.15) is 0 Å². The van der Waals surface area contributed by atoms with Crippen molar-refractivity contribution in [1.82, 2.24) is 0 Å². The Kier molecular flexibility index (Phi) is 6.07. The Labute approximate surface area is 237 Å². The van der Waals surface area contributed by atoms with Crippen LogP contribution in [0.5, 0.6) is 0 Å². The van der Waals surface area contributed by atoms with Crippen molar-refractivity contribution in [2.45, 2.75) is 0 Å². The summed E-state index contributed by atoms with van der Waals surface area (Å²) < 4.78 is 1.10. The first kappa shape index (κ1) is 23.6. The highest BCUT2D eigenvalue weighted by Crippen LogP contribution is 2.42. The second-order valence-corrected chi connectivity index (χ2v) is 10.8. The van der Waals surface area contributed by atoms with E-state index in [0.717, 1.165) is 4.47 Å². The molecule has 7 rings (SSSR count). The Morgan fingerprint density at radius 2 is 0.923 bits per heavy atom. The summed E-state index contributed by atoms with van der Waals surface area (Å²) in [6.07, 6.45) is 0. The van der Waals surface area contributed by atoms with Gasteiger partial charge in [0.2, 0.25) is 0 Å². The molecule has 0 aromatic heterocycles. The third kappa shape index (κ3) is 4.46. The summed E-state index contributed by atoms with van der Waals surface area (Å²) in [7, 11) is 0. The summed E-state index contributed by atoms with van der Waals surface area (Å²) in [6, 6.07) is 54.7. The summed E-state index contributed by atoms with van der Waals surface area (Å²) in [5.74, 6) is 0. The van der Waals surface area contributed by atoms with Gasteiger partial charge in [-0.25, -0.2) is 0 Å². The maximum atomic E-state index is 3.89. The molecule has 1 heteroatoms. The van der Waals surface area contributed by atoms with Crippen LogP contribution >= 0.6 is 15.9 Å². The van der Waals surface area contributed by atoms with Gasteiger partial charge in [-0.3, -0.25) is 0 Å². The molecule has 0 fully saturated rings. The average Bonchev–Trinajstić information content (AvgIpc) is 3.01. The van der Waals surface area contributed by atoms with Gasteiger partial charge in [0, 0.05) is 9.86 Å². The van der Waals surface area contributed by atoms with Crippen molar-refractivity contribution in [2.75, 3.05) is 0 Å². The monoisotopic (exact) mass is 560 g/mol. The van der Waals surface area contributed by atoms with Crippen molar-refractivity contribution in [3.63, 3.8) is 0 Å². The third-order valence-electron chi connectivity index (χ3n) is 7.51. The van der Waals surface area contributed by atoms with Gasteiger partial charge in [-0.05, 0) is 91.0 Å². The minimum atomic E-state index is 1.10. The third-order valence-corrected chi connectivity index (χ3v) is 8.17. The summed E-state index contributed by atoms with van der Waals surface area (Å²) in [6.45, 7) is 0. The topological polar surface area (TPSA) is 0 Å². The van der Waals surface area contributed by atoms with Gasteiger partial charge in [0.25, 0.3) is 0 Å². The fraction of sp³-hybridized carbons (Fsp3) is 0. The number of hydrogen-bond acceptors (Lipinski definition) is 0. The van der Waals surface area contributed by atoms with Crippen LogP contribution in [0, 0.1) is 0 Å². The van der Waals surface area contributed by atoms with E-state index in [1.807, 2.05) is 0 Å². The molecule has 7 aromatic carbocycles. The first-order valence-electron chi connectivity index (χ1n) is 13.2. The number of halogens is 1. The molecule has 0 nitrogen and oxygen atoms in total. The minimum Gasteiger partial charge on any atom is -0.0622 e. The quantitative estimate of drug-likeness (QED) is 0.201. The van der Waals surface area contributed by atoms with Crippen LogP contribution in [0.25, 0.3) is 66.1 Å². The van der Waals surface area contributed by atoms with Crippen molar-refractivity contribution in [3.8, 4) is 44.5 Å². The molecule has 0 aliphatic carbocycles. The maximum absolute atomic E-state index is 3.89. The number of benzene rings is 7. The second kappa shape index (κ2) is 10.0. The van der Waals surface area contributed by atoms with Gasteiger partial charge in [0.1, 0.15) is 0 Å². The summed E-state index contributed by atoms with van der Waals surface area (Å²) >= 11 is 3.89. The lowest BCUT2D eigenvalue weighted by atomic mass is 9.88. The van der Waals surface area contributed by atoms with E-state index in [1.54, 1.807) is 0 Å². The normalized spacial score (nSPS) is 11.2. The van der Waals surface area contributed by atoms with Crippen molar-refractivity contribution < 1.29 is 0 Å². The van der Waals surface area contributed by atoms with E-state index in [2.05, 4.69) is 168 Å². The largest absolute Gasteiger partial charge is 0.0622 e. The van der Waals surface area contributed by atoms with Gasteiger partial charge in [0.15, 0.2) is 0 Å². The molecule has 0 unspecified atom stereocenters. The highest BCUT2D eigenvalue weighted by atomic mass is 79.9. The molecule has 0 radical (unpaired) electrons. The van der Waals surface area contributed by atoms with Gasteiger partial charge in [-0.1, -0.05) is 137 Å². The van der Waals surface area contributed by atoms with E-state index in [4.69, 9.17) is 0 Å². The second-order valence-electron chi connectivity index (χ2n) is 9.92. The molecule has 0 heterocycles. The first-order chi connectivity index (χ1) is 19.2. The van der Waals surface area contributed by atoms with E-state index < -0.39 is 0 Å². The Bertz CT molecular complexity index is 1950. The predicted molar refractivity (Wildman–Crippen MR) is 171 cm³/mol. The standard InChI is InChI=1S/C38H25Br/c39-37-21-20-34(27-11-3-1-4-12-27)36-25-33(24-35(38(36)37)28-13-5-2-6-14-28)31-17-9-16-30(23-31)32-19-18-26-10-7-8-15-29(26)22-32/h1-25H. The van der Waals surface area contributed by atoms with Crippen LogP contribution in [0.15, 0.2) is 156 Å². The highest BCUT2D eigenvalue weighted by Gasteiger charge is 2.15. The molecule has 0 saturated carbocycles. The molecule has 0 bridgehead atoms. The molecule has 39 heavy (non-hydrogen) atoms. The van der Waals surface area contributed by atoms with Crippen LogP contribution in [0.1, 0.15) is 0 Å². The molecule has 0 aliphatic rings. The maximum Gasteiger partial charge on any atom is 0.0260 e. The highest BCUT2D eigenvalue weighted by molar-refractivity contribution is 9.10. The predicted octanol–water partition coefficient (Wildman–Crippen LogP) is 11.4. The van der Waals surface area contributed by atoms with E-state index in [-0.39, 0.29) is 0 Å². The van der Waals surface area contributed by atoms with Gasteiger partial charge in [0.05, 0.1) is 0 Å². The summed E-state index contributed by atoms with van der Waals surface area (Å²) in [4.78, 5) is 0. The molecular weight excluding hydrogens is 536 g/mol. The Morgan fingerprint density at radius 1 is 0.333 bits per heavy atom. The Hall–Kier alpha value is -4.46. The van der Waals surface area contributed by atoms with Crippen LogP contribution < -0.4 is 0 Å². The van der Waals surface area contributed by atoms with Crippen LogP contribution in [0.2, 0.25) is 0 Å². The van der Waals surface area contributed by atoms with Crippen LogP contribution in [0.4, 0.5) is 0 Å². The molecule has 7 aromatic rings. The molecule has 0 amide bonds. The summed E-state index contributed by atoms with van der Waals surface area (Å²) in [5.41, 5.74) is 9.75. The average molecular weight is 562 g/mol. The van der Waals surface area contributed by atoms with E-state index in [9.17, 15) is 0 Å². The molecule has 184 valence electrons. The van der Waals surface area contributed by atoms with Crippen molar-refractivity contribution in [2.24, 2.45) is 0 Å². The fourth-order valence-corrected chi connectivity index (χ4v) is 6.13. The molecule has 0 N–H and O–H groups in total. The van der Waals surface area contributed by atoms with Crippen molar-refractivity contribution in [1.29, 1.82) is 0 Å². The van der Waals surface area contributed by atoms with Gasteiger partial charge in [-0.15, -0.1) is 0 Å². The number of rotatable bonds is 4. The molecule has 0 spiro atoms. The van der Waals surface area contributed by atoms with Crippen LogP contribution in [-0.4, -0.2) is 0 Å². The van der Waals surface area contributed by atoms with E-state index in [0.29, 0.717) is 0 Å². The lowest BCUT2D eigenvalue weighted by Crippen LogP contribution is -1.90. The molecule has 0 saturated heterocycles. The Balaban J connectivity index is 1.46. The van der Waals surface area contributed by atoms with Gasteiger partial charge < -0.3 is 0 Å². The first-order valence-corrected chi connectivity index (χ1v) is 14.0. The zero-order valence-electron chi connectivity index (χ0n) is 21.3. The number of fused-ring (bicyclic) bond motifs is 2. The van der Waals surface area contributed by atoms with E-state index >= 15 is 0 Å². The van der Waals surface area contributed by atoms with Crippen LogP contribution in [0.3, 0.4) is 0 Å². The molecule has 0 atom stereocenters. The van der Waals surface area contributed by atoms with Gasteiger partial charge >= 0.3 is 0 Å². The molecule has 0 aliphatic heterocycles. The van der Waals surface area contributed by atoms with Crippen LogP contribution in [-0.2, 0) is 0 Å².